The Kier molecular flexibility index (Phi) is 16.5. The van der Waals surface area contributed by atoms with Crippen molar-refractivity contribution in [2.75, 3.05) is 39.7 Å². The average molecular weight is 1020 g/mol. The molecule has 0 saturated carbocycles. The number of piperidine rings is 1. The minimum absolute atomic E-state index is 0.00516. The number of amides is 9. The van der Waals surface area contributed by atoms with Gasteiger partial charge in [-0.05, 0) is 105 Å². The normalized spacial score (nSPS) is 14.5. The van der Waals surface area contributed by atoms with Crippen molar-refractivity contribution < 1.29 is 56.3 Å². The number of halogens is 3. The van der Waals surface area contributed by atoms with E-state index in [9.17, 15) is 56.3 Å². The summed E-state index contributed by atoms with van der Waals surface area (Å²) in [4.78, 5) is 125. The van der Waals surface area contributed by atoms with Crippen LogP contribution in [-0.4, -0.2) is 93.2 Å². The van der Waals surface area contributed by atoms with E-state index in [2.05, 4.69) is 59.1 Å². The summed E-state index contributed by atoms with van der Waals surface area (Å²) in [5.41, 5.74) is 1.37. The molecular weight excluding hydrogens is 968 g/mol. The van der Waals surface area contributed by atoms with E-state index in [4.69, 9.17) is 0 Å². The van der Waals surface area contributed by atoms with Crippen LogP contribution in [0.5, 0.6) is 0 Å². The van der Waals surface area contributed by atoms with E-state index >= 15 is 0 Å². The van der Waals surface area contributed by atoms with Gasteiger partial charge in [-0.15, -0.1) is 0 Å². The fourth-order valence-electron chi connectivity index (χ4n) is 7.90. The summed E-state index contributed by atoms with van der Waals surface area (Å²) in [5, 5.41) is 21.6. The molecular formula is C51H48F3N11O9. The average Bonchev–Trinajstić information content (AvgIpc) is 3.63. The maximum atomic E-state index is 13.4. The smallest absolute Gasteiger partial charge is 0.384 e. The fourth-order valence-corrected chi connectivity index (χ4v) is 7.90. The Morgan fingerprint density at radius 1 is 0.811 bits per heavy atom. The monoisotopic (exact) mass is 1020 g/mol. The molecule has 1 fully saturated rings. The SMILES string of the molecule is C=CC(=O)NC(CCC(=O)NCCCCNc1cccc2c1C(=O)N(C1CCC(=O)NC1=O)C2=O)C(=O)Nc1cccc(Nc2ncc(NC(=O)c3cc(NC(=O)c4cccc(C(F)(F)F)c4)ccc3C)cn2)c1. The van der Waals surface area contributed by atoms with Crippen molar-refractivity contribution in [1.29, 1.82) is 0 Å². The number of unbranched alkanes of at least 4 members (excludes halogenated alkanes) is 1. The van der Waals surface area contributed by atoms with Gasteiger partial charge in [-0.2, -0.15) is 13.2 Å². The van der Waals surface area contributed by atoms with E-state index in [0.717, 1.165) is 29.2 Å². The highest BCUT2D eigenvalue weighted by Crippen LogP contribution is 2.33. The Balaban J connectivity index is 0.854. The van der Waals surface area contributed by atoms with Gasteiger partial charge in [0.2, 0.25) is 35.5 Å². The largest absolute Gasteiger partial charge is 0.416 e. The molecule has 2 aliphatic rings. The molecule has 0 radical (unpaired) electrons. The molecule has 4 aromatic carbocycles. The molecule has 7 rings (SSSR count). The van der Waals surface area contributed by atoms with Gasteiger partial charge in [-0.25, -0.2) is 9.97 Å². The molecule has 0 aliphatic carbocycles. The first kappa shape index (κ1) is 52.5. The first-order valence-electron chi connectivity index (χ1n) is 23.1. The minimum atomic E-state index is -4.63. The zero-order valence-corrected chi connectivity index (χ0v) is 39.5. The van der Waals surface area contributed by atoms with Gasteiger partial charge in [0.15, 0.2) is 0 Å². The second-order valence-corrected chi connectivity index (χ2v) is 17.0. The molecule has 2 atom stereocenters. The third-order valence-electron chi connectivity index (χ3n) is 11.7. The maximum absolute atomic E-state index is 13.4. The number of imide groups is 2. The van der Waals surface area contributed by atoms with Gasteiger partial charge in [0, 0.05) is 59.8 Å². The molecule has 5 aromatic rings. The van der Waals surface area contributed by atoms with Crippen molar-refractivity contribution in [3.05, 3.63) is 143 Å². The number of alkyl halides is 3. The van der Waals surface area contributed by atoms with Crippen molar-refractivity contribution in [3.8, 4) is 0 Å². The van der Waals surface area contributed by atoms with Gasteiger partial charge in [-0.3, -0.25) is 53.4 Å². The summed E-state index contributed by atoms with van der Waals surface area (Å²) >= 11 is 0. The summed E-state index contributed by atoms with van der Waals surface area (Å²) < 4.78 is 39.5. The molecule has 3 heterocycles. The van der Waals surface area contributed by atoms with Crippen LogP contribution in [0.1, 0.15) is 91.1 Å². The lowest BCUT2D eigenvalue weighted by molar-refractivity contribution is -0.138. The molecule has 1 aromatic heterocycles. The molecule has 2 aliphatic heterocycles. The predicted molar refractivity (Wildman–Crippen MR) is 264 cm³/mol. The van der Waals surface area contributed by atoms with E-state index in [1.807, 2.05) is 0 Å². The van der Waals surface area contributed by atoms with E-state index in [-0.39, 0.29) is 77.7 Å². The van der Waals surface area contributed by atoms with E-state index in [1.165, 1.54) is 36.7 Å². The topological polar surface area (TPSA) is 279 Å². The van der Waals surface area contributed by atoms with Gasteiger partial charge in [0.1, 0.15) is 12.1 Å². The number of nitrogens with one attached hydrogen (secondary N) is 8. The van der Waals surface area contributed by atoms with Gasteiger partial charge in [0.25, 0.3) is 23.6 Å². The molecule has 1 saturated heterocycles. The molecule has 8 N–H and O–H groups in total. The second kappa shape index (κ2) is 23.3. The van der Waals surface area contributed by atoms with Crippen molar-refractivity contribution in [2.24, 2.45) is 0 Å². The van der Waals surface area contributed by atoms with Gasteiger partial charge >= 0.3 is 6.18 Å². The summed E-state index contributed by atoms with van der Waals surface area (Å²) in [5.74, 6) is -5.28. The number of anilines is 6. The van der Waals surface area contributed by atoms with Crippen LogP contribution < -0.4 is 42.5 Å². The molecule has 23 heteroatoms. The predicted octanol–water partition coefficient (Wildman–Crippen LogP) is 5.85. The lowest BCUT2D eigenvalue weighted by Gasteiger charge is -2.27. The first-order valence-corrected chi connectivity index (χ1v) is 23.1. The highest BCUT2D eigenvalue weighted by molar-refractivity contribution is 6.25. The molecule has 2 unspecified atom stereocenters. The van der Waals surface area contributed by atoms with Crippen LogP contribution in [0, 0.1) is 6.92 Å². The Hall–Kier alpha value is -9.28. The van der Waals surface area contributed by atoms with Crippen LogP contribution >= 0.6 is 0 Å². The highest BCUT2D eigenvalue weighted by atomic mass is 19.4. The first-order chi connectivity index (χ1) is 35.4. The second-order valence-electron chi connectivity index (χ2n) is 17.0. The quantitative estimate of drug-likeness (QED) is 0.0258. The number of fused-ring (bicyclic) bond motifs is 1. The standard InChI is InChI=1S/C51H48F3N11O9/c1-3-40(66)63-38(17-19-41(67)56-22-5-4-21-55-37-14-8-13-35-43(37)49(74)65(48(35)73)39-18-20-42(68)64-47(39)72)46(71)60-31-11-7-12-32(24-31)62-50-57-26-34(27-58-50)61-45(70)36-25-33(16-15-28(36)2)59-44(69)29-9-6-10-30(23-29)51(52,53)54/h3,6-16,23-27,38-39,55H,1,4-5,17-22H2,2H3,(H,56,67)(H,59,69)(H,60,71)(H,61,70)(H,63,66)(H,57,58,62)(H,64,68,72). The summed E-state index contributed by atoms with van der Waals surface area (Å²) in [6.07, 6.45) is -0.0191. The molecule has 74 heavy (non-hydrogen) atoms. The number of rotatable bonds is 20. The van der Waals surface area contributed by atoms with Gasteiger partial charge < -0.3 is 37.2 Å². The van der Waals surface area contributed by atoms with E-state index in [1.54, 1.807) is 49.4 Å². The molecule has 0 bridgehead atoms. The molecule has 20 nitrogen and oxygen atoms in total. The van der Waals surface area contributed by atoms with Gasteiger partial charge in [-0.1, -0.05) is 30.8 Å². The van der Waals surface area contributed by atoms with E-state index in [0.29, 0.717) is 42.0 Å². The zero-order chi connectivity index (χ0) is 53.1. The zero-order valence-electron chi connectivity index (χ0n) is 39.5. The number of carbonyl (C=O) groups excluding carboxylic acids is 9. The molecule has 382 valence electrons. The van der Waals surface area contributed by atoms with Gasteiger partial charge in [0.05, 0.1) is 34.8 Å². The van der Waals surface area contributed by atoms with Crippen LogP contribution in [0.25, 0.3) is 0 Å². The molecule has 0 spiro atoms. The van der Waals surface area contributed by atoms with Crippen LogP contribution in [0.15, 0.2) is 110 Å². The lowest BCUT2D eigenvalue weighted by Crippen LogP contribution is -2.54. The van der Waals surface area contributed by atoms with Crippen molar-refractivity contribution in [1.82, 2.24) is 30.8 Å². The Labute approximate surface area is 420 Å². The number of aromatic nitrogens is 2. The summed E-state index contributed by atoms with van der Waals surface area (Å²) in [6.45, 7) is 5.76. The van der Waals surface area contributed by atoms with Crippen LogP contribution in [0.4, 0.5) is 47.6 Å². The number of hydrogen-bond donors (Lipinski definition) is 8. The van der Waals surface area contributed by atoms with E-state index < -0.39 is 71.1 Å². The van der Waals surface area contributed by atoms with Crippen molar-refractivity contribution >= 4 is 87.5 Å². The maximum Gasteiger partial charge on any atom is 0.416 e. The summed E-state index contributed by atoms with van der Waals surface area (Å²) in [7, 11) is 0. The van der Waals surface area contributed by atoms with Crippen LogP contribution in [-0.2, 0) is 30.1 Å². The number of aryl methyl sites for hydroxylation is 1. The molecule has 9 amide bonds. The minimum Gasteiger partial charge on any atom is -0.384 e. The lowest BCUT2D eigenvalue weighted by atomic mass is 10.0. The fraction of sp³-hybridized carbons (Fsp3) is 0.235. The number of carbonyl (C=O) groups is 9. The Morgan fingerprint density at radius 3 is 2.26 bits per heavy atom. The third kappa shape index (κ3) is 13.2. The Morgan fingerprint density at radius 2 is 1.51 bits per heavy atom. The highest BCUT2D eigenvalue weighted by Gasteiger charge is 2.45. The number of benzene rings is 4. The number of hydrogen-bond acceptors (Lipinski definition) is 13. The Bertz CT molecular complexity index is 3060. The number of nitrogens with zero attached hydrogens (tertiary/aromatic N) is 3. The van der Waals surface area contributed by atoms with Crippen LogP contribution in [0.2, 0.25) is 0 Å². The van der Waals surface area contributed by atoms with Crippen molar-refractivity contribution in [2.45, 2.75) is 63.7 Å². The van der Waals surface area contributed by atoms with Crippen LogP contribution in [0.3, 0.4) is 0 Å². The van der Waals surface area contributed by atoms with Crippen molar-refractivity contribution in [3.63, 3.8) is 0 Å². The third-order valence-corrected chi connectivity index (χ3v) is 11.7. The summed E-state index contributed by atoms with van der Waals surface area (Å²) in [6, 6.07) is 17.4.